The predicted molar refractivity (Wildman–Crippen MR) is 83.8 cm³/mol. The minimum atomic E-state index is -0.0927. The Morgan fingerprint density at radius 3 is 2.65 bits per heavy atom. The van der Waals surface area contributed by atoms with Crippen LogP contribution in [-0.4, -0.2) is 5.97 Å². The summed E-state index contributed by atoms with van der Waals surface area (Å²) in [7, 11) is 0. The molecular weight excluding hydrogens is 292 g/mol. The summed E-state index contributed by atoms with van der Waals surface area (Å²) in [6.07, 6.45) is 6.77. The van der Waals surface area contributed by atoms with Gasteiger partial charge in [0.1, 0.15) is 0 Å². The summed E-state index contributed by atoms with van der Waals surface area (Å²) in [5.74, 6) is 0.781. The van der Waals surface area contributed by atoms with E-state index in [0.717, 1.165) is 48.5 Å². The van der Waals surface area contributed by atoms with Gasteiger partial charge in [-0.15, -0.1) is 0 Å². The molecule has 0 unspecified atom stereocenters. The summed E-state index contributed by atoms with van der Waals surface area (Å²) in [5, 5.41) is 0.622. The van der Waals surface area contributed by atoms with Crippen molar-refractivity contribution in [2.45, 2.75) is 50.3 Å². The molecule has 1 saturated carbocycles. The maximum atomic E-state index is 12.1. The van der Waals surface area contributed by atoms with E-state index in [2.05, 4.69) is 6.92 Å². The third-order valence-electron chi connectivity index (χ3n) is 3.93. The van der Waals surface area contributed by atoms with Crippen LogP contribution in [-0.2, 0) is 8.98 Å². The van der Waals surface area contributed by atoms with E-state index in [1.807, 2.05) is 18.2 Å². The Bertz CT molecular complexity index is 442. The van der Waals surface area contributed by atoms with Crippen molar-refractivity contribution in [3.8, 4) is 0 Å². The van der Waals surface area contributed by atoms with Crippen LogP contribution in [0.1, 0.15) is 45.4 Å². The molecule has 20 heavy (non-hydrogen) atoms. The molecule has 0 aromatic heterocycles. The lowest BCUT2D eigenvalue weighted by molar-refractivity contribution is -0.138. The SMILES string of the molecule is CCCC1CCC(C(=O)OSc2ccccc2Cl)CC1. The number of carbonyl (C=O) groups excluding carboxylic acids is 1. The topological polar surface area (TPSA) is 26.3 Å². The summed E-state index contributed by atoms with van der Waals surface area (Å²) in [6, 6.07) is 7.41. The van der Waals surface area contributed by atoms with Gasteiger partial charge in [-0.25, -0.2) is 0 Å². The summed E-state index contributed by atoms with van der Waals surface area (Å²) in [6.45, 7) is 2.22. The number of carbonyl (C=O) groups is 1. The second kappa shape index (κ2) is 7.94. The zero-order chi connectivity index (χ0) is 14.4. The van der Waals surface area contributed by atoms with Crippen molar-refractivity contribution in [3.63, 3.8) is 0 Å². The van der Waals surface area contributed by atoms with Crippen LogP contribution in [0.15, 0.2) is 29.2 Å². The van der Waals surface area contributed by atoms with Gasteiger partial charge in [-0.05, 0) is 43.7 Å². The Hall–Kier alpha value is -0.670. The van der Waals surface area contributed by atoms with E-state index in [0.29, 0.717) is 5.02 Å². The number of hydrogen-bond acceptors (Lipinski definition) is 3. The molecule has 0 aliphatic heterocycles. The molecule has 0 amide bonds. The Balaban J connectivity index is 1.77. The van der Waals surface area contributed by atoms with Gasteiger partial charge < -0.3 is 4.18 Å². The van der Waals surface area contributed by atoms with Crippen molar-refractivity contribution < 1.29 is 8.98 Å². The van der Waals surface area contributed by atoms with Crippen LogP contribution < -0.4 is 0 Å². The molecule has 4 heteroatoms. The van der Waals surface area contributed by atoms with Gasteiger partial charge in [-0.2, -0.15) is 0 Å². The average molecular weight is 313 g/mol. The van der Waals surface area contributed by atoms with Gasteiger partial charge in [-0.3, -0.25) is 4.79 Å². The first-order valence-electron chi connectivity index (χ1n) is 7.33. The van der Waals surface area contributed by atoms with E-state index in [4.69, 9.17) is 15.8 Å². The smallest absolute Gasteiger partial charge is 0.321 e. The highest BCUT2D eigenvalue weighted by molar-refractivity contribution is 7.95. The van der Waals surface area contributed by atoms with Crippen molar-refractivity contribution in [1.29, 1.82) is 0 Å². The molecule has 2 rings (SSSR count). The monoisotopic (exact) mass is 312 g/mol. The minimum Gasteiger partial charge on any atom is -0.386 e. The molecule has 2 nitrogen and oxygen atoms in total. The number of rotatable bonds is 5. The molecule has 0 spiro atoms. The quantitative estimate of drug-likeness (QED) is 0.672. The standard InChI is InChI=1S/C16H21ClO2S/c1-2-5-12-8-10-13(11-9-12)16(18)19-20-15-7-4-3-6-14(15)17/h3-4,6-7,12-13H,2,5,8-11H2,1H3. The Morgan fingerprint density at radius 2 is 2.00 bits per heavy atom. The normalized spacial score (nSPS) is 22.5. The summed E-state index contributed by atoms with van der Waals surface area (Å²) >= 11 is 7.11. The highest BCUT2D eigenvalue weighted by atomic mass is 35.5. The average Bonchev–Trinajstić information content (AvgIpc) is 2.47. The van der Waals surface area contributed by atoms with Crippen molar-refractivity contribution in [2.75, 3.05) is 0 Å². The molecular formula is C16H21ClO2S. The number of benzene rings is 1. The van der Waals surface area contributed by atoms with Gasteiger partial charge in [0.15, 0.2) is 0 Å². The fraction of sp³-hybridized carbons (Fsp3) is 0.562. The van der Waals surface area contributed by atoms with Crippen molar-refractivity contribution >= 4 is 29.6 Å². The van der Waals surface area contributed by atoms with Crippen LogP contribution in [0, 0.1) is 11.8 Å². The molecule has 0 bridgehead atoms. The lowest BCUT2D eigenvalue weighted by Gasteiger charge is -2.26. The molecule has 1 aliphatic rings. The van der Waals surface area contributed by atoms with E-state index in [1.165, 1.54) is 12.8 Å². The molecule has 0 radical (unpaired) electrons. The Labute approximate surface area is 130 Å². The zero-order valence-electron chi connectivity index (χ0n) is 11.8. The molecule has 1 aromatic rings. The van der Waals surface area contributed by atoms with Gasteiger partial charge in [0, 0.05) is 0 Å². The van der Waals surface area contributed by atoms with E-state index < -0.39 is 0 Å². The number of hydrogen-bond donors (Lipinski definition) is 0. The van der Waals surface area contributed by atoms with Crippen molar-refractivity contribution in [1.82, 2.24) is 0 Å². The fourth-order valence-corrected chi connectivity index (χ4v) is 3.58. The molecule has 0 N–H and O–H groups in total. The zero-order valence-corrected chi connectivity index (χ0v) is 13.4. The largest absolute Gasteiger partial charge is 0.386 e. The first kappa shape index (κ1) is 15.7. The van der Waals surface area contributed by atoms with Gasteiger partial charge >= 0.3 is 5.97 Å². The maximum absolute atomic E-state index is 12.1. The van der Waals surface area contributed by atoms with E-state index in [-0.39, 0.29) is 11.9 Å². The first-order valence-corrected chi connectivity index (χ1v) is 8.45. The van der Waals surface area contributed by atoms with E-state index in [9.17, 15) is 4.79 Å². The Morgan fingerprint density at radius 1 is 1.30 bits per heavy atom. The molecule has 1 aliphatic carbocycles. The minimum absolute atomic E-state index is 0.0677. The number of halogens is 1. The van der Waals surface area contributed by atoms with E-state index >= 15 is 0 Å². The van der Waals surface area contributed by atoms with Crippen molar-refractivity contribution in [2.24, 2.45) is 11.8 Å². The maximum Gasteiger partial charge on any atom is 0.321 e. The van der Waals surface area contributed by atoms with Crippen LogP contribution >= 0.6 is 23.6 Å². The molecule has 110 valence electrons. The van der Waals surface area contributed by atoms with Crippen LogP contribution in [0.3, 0.4) is 0 Å². The highest BCUT2D eigenvalue weighted by Gasteiger charge is 2.27. The van der Waals surface area contributed by atoms with Crippen molar-refractivity contribution in [3.05, 3.63) is 29.3 Å². The molecule has 0 saturated heterocycles. The Kier molecular flexibility index (Phi) is 6.24. The molecule has 1 aromatic carbocycles. The summed E-state index contributed by atoms with van der Waals surface area (Å²) < 4.78 is 5.34. The summed E-state index contributed by atoms with van der Waals surface area (Å²) in [4.78, 5) is 12.9. The van der Waals surface area contributed by atoms with Crippen LogP contribution in [0.25, 0.3) is 0 Å². The molecule has 1 fully saturated rings. The third-order valence-corrected chi connectivity index (χ3v) is 5.15. The first-order chi connectivity index (χ1) is 9.70. The second-order valence-corrected chi connectivity index (χ2v) is 6.60. The predicted octanol–water partition coefficient (Wildman–Crippen LogP) is 5.50. The van der Waals surface area contributed by atoms with Gasteiger partial charge in [0.25, 0.3) is 0 Å². The lowest BCUT2D eigenvalue weighted by atomic mass is 9.80. The lowest BCUT2D eigenvalue weighted by Crippen LogP contribution is -2.22. The van der Waals surface area contributed by atoms with Crippen LogP contribution in [0.4, 0.5) is 0 Å². The second-order valence-electron chi connectivity index (χ2n) is 5.42. The van der Waals surface area contributed by atoms with E-state index in [1.54, 1.807) is 6.07 Å². The highest BCUT2D eigenvalue weighted by Crippen LogP contribution is 2.34. The molecule has 0 heterocycles. The van der Waals surface area contributed by atoms with Crippen LogP contribution in [0.5, 0.6) is 0 Å². The van der Waals surface area contributed by atoms with Gasteiger partial charge in [0.2, 0.25) is 0 Å². The van der Waals surface area contributed by atoms with Gasteiger partial charge in [0.05, 0.1) is 27.9 Å². The molecule has 0 atom stereocenters. The van der Waals surface area contributed by atoms with Crippen LogP contribution in [0.2, 0.25) is 5.02 Å². The third kappa shape index (κ3) is 4.42. The van der Waals surface area contributed by atoms with Gasteiger partial charge in [-0.1, -0.05) is 43.5 Å². The fourth-order valence-electron chi connectivity index (χ4n) is 2.76. The summed E-state index contributed by atoms with van der Waals surface area (Å²) in [5.41, 5.74) is 0.